The summed E-state index contributed by atoms with van der Waals surface area (Å²) in [7, 11) is 0. The minimum absolute atomic E-state index is 0.00541. The van der Waals surface area contributed by atoms with E-state index in [2.05, 4.69) is 15.3 Å². The molecule has 1 saturated carbocycles. The maximum atomic E-state index is 13.5. The van der Waals surface area contributed by atoms with E-state index in [1.807, 2.05) is 41.0 Å². The van der Waals surface area contributed by atoms with Gasteiger partial charge in [0.2, 0.25) is 5.95 Å². The summed E-state index contributed by atoms with van der Waals surface area (Å²) in [6.07, 6.45) is 6.68. The van der Waals surface area contributed by atoms with Crippen molar-refractivity contribution < 1.29 is 9.84 Å². The van der Waals surface area contributed by atoms with Crippen molar-refractivity contribution in [2.75, 3.05) is 31.7 Å². The summed E-state index contributed by atoms with van der Waals surface area (Å²) in [5.41, 5.74) is 2.64. The molecule has 2 heterocycles. The van der Waals surface area contributed by atoms with Gasteiger partial charge in [-0.2, -0.15) is 4.98 Å². The lowest BCUT2D eigenvalue weighted by molar-refractivity contribution is 0.0991. The minimum atomic E-state index is 0.00541. The van der Waals surface area contributed by atoms with Gasteiger partial charge in [-0.25, -0.2) is 4.98 Å². The van der Waals surface area contributed by atoms with Gasteiger partial charge in [0, 0.05) is 36.2 Å². The summed E-state index contributed by atoms with van der Waals surface area (Å²) in [6.45, 7) is 1.30. The fourth-order valence-corrected chi connectivity index (χ4v) is 4.11. The molecule has 2 N–H and O–H groups in total. The van der Waals surface area contributed by atoms with Crippen molar-refractivity contribution in [1.29, 1.82) is 0 Å². The van der Waals surface area contributed by atoms with Crippen molar-refractivity contribution in [3.05, 3.63) is 64.1 Å². The topological polar surface area (TPSA) is 89.3 Å². The van der Waals surface area contributed by atoms with E-state index in [-0.39, 0.29) is 18.2 Å². The highest BCUT2D eigenvalue weighted by molar-refractivity contribution is 5.76. The van der Waals surface area contributed by atoms with Gasteiger partial charge < -0.3 is 15.2 Å². The molecule has 1 aliphatic rings. The van der Waals surface area contributed by atoms with Crippen LogP contribution in [0.25, 0.3) is 11.0 Å². The highest BCUT2D eigenvalue weighted by Crippen LogP contribution is 2.31. The number of nitrogens with one attached hydrogen (secondary N) is 1. The summed E-state index contributed by atoms with van der Waals surface area (Å²) < 4.78 is 7.16. The van der Waals surface area contributed by atoms with Crippen LogP contribution < -0.4 is 10.9 Å². The number of hydrogen-bond donors (Lipinski definition) is 2. The number of anilines is 1. The van der Waals surface area contributed by atoms with Crippen LogP contribution >= 0.6 is 0 Å². The molecule has 4 rings (SSSR count). The number of pyridine rings is 1. The molecule has 1 aromatic carbocycles. The summed E-state index contributed by atoms with van der Waals surface area (Å²) >= 11 is 0. The number of aliphatic hydroxyl groups is 1. The number of rotatable bonds is 9. The Bertz CT molecular complexity index is 1030. The van der Waals surface area contributed by atoms with Crippen molar-refractivity contribution >= 4 is 17.0 Å². The Labute approximate surface area is 175 Å². The van der Waals surface area contributed by atoms with Gasteiger partial charge in [0.25, 0.3) is 5.56 Å². The Balaban J connectivity index is 1.67. The summed E-state index contributed by atoms with van der Waals surface area (Å²) in [4.78, 5) is 22.6. The minimum Gasteiger partial charge on any atom is -0.394 e. The number of aliphatic hydroxyl groups excluding tert-OH is 1. The molecule has 0 saturated heterocycles. The summed E-state index contributed by atoms with van der Waals surface area (Å²) in [6, 6.07) is 12.2. The molecule has 7 nitrogen and oxygen atoms in total. The Morgan fingerprint density at radius 1 is 1.17 bits per heavy atom. The highest BCUT2D eigenvalue weighted by atomic mass is 16.5. The molecule has 158 valence electrons. The number of nitrogens with zero attached hydrogens (tertiary/aromatic N) is 3. The molecule has 0 amide bonds. The monoisotopic (exact) mass is 408 g/mol. The van der Waals surface area contributed by atoms with E-state index in [1.165, 1.54) is 0 Å². The lowest BCUT2D eigenvalue weighted by Gasteiger charge is -2.18. The molecule has 30 heavy (non-hydrogen) atoms. The largest absolute Gasteiger partial charge is 0.394 e. The molecule has 3 aromatic rings. The van der Waals surface area contributed by atoms with E-state index in [0.717, 1.165) is 42.2 Å². The summed E-state index contributed by atoms with van der Waals surface area (Å²) in [5, 5.41) is 12.8. The molecular weight excluding hydrogens is 380 g/mol. The maximum Gasteiger partial charge on any atom is 0.256 e. The van der Waals surface area contributed by atoms with Crippen LogP contribution in [0.2, 0.25) is 0 Å². The van der Waals surface area contributed by atoms with Gasteiger partial charge >= 0.3 is 0 Å². The molecule has 0 atom stereocenters. The quantitative estimate of drug-likeness (QED) is 0.529. The highest BCUT2D eigenvalue weighted by Gasteiger charge is 2.22. The average Bonchev–Trinajstić information content (AvgIpc) is 3.29. The second-order valence-electron chi connectivity index (χ2n) is 7.68. The van der Waals surface area contributed by atoms with Gasteiger partial charge in [-0.1, -0.05) is 43.2 Å². The summed E-state index contributed by atoms with van der Waals surface area (Å²) in [5.74, 6) is 0.483. The third-order valence-electron chi connectivity index (χ3n) is 5.54. The van der Waals surface area contributed by atoms with Crippen molar-refractivity contribution in [3.63, 3.8) is 0 Å². The van der Waals surface area contributed by atoms with Gasteiger partial charge in [-0.3, -0.25) is 9.36 Å². The zero-order valence-electron chi connectivity index (χ0n) is 17.1. The van der Waals surface area contributed by atoms with Gasteiger partial charge in [-0.15, -0.1) is 0 Å². The van der Waals surface area contributed by atoms with Crippen LogP contribution in [0.1, 0.15) is 42.9 Å². The smallest absolute Gasteiger partial charge is 0.256 e. The van der Waals surface area contributed by atoms with Gasteiger partial charge in [0.05, 0.1) is 19.8 Å². The molecule has 0 radical (unpaired) electrons. The zero-order valence-corrected chi connectivity index (χ0v) is 17.1. The van der Waals surface area contributed by atoms with E-state index in [4.69, 9.17) is 9.84 Å². The Hall–Kier alpha value is -2.77. The number of hydrogen-bond acceptors (Lipinski definition) is 6. The Morgan fingerprint density at radius 3 is 2.73 bits per heavy atom. The van der Waals surface area contributed by atoms with Gasteiger partial charge in [-0.05, 0) is 24.5 Å². The predicted molar refractivity (Wildman–Crippen MR) is 117 cm³/mol. The van der Waals surface area contributed by atoms with Crippen molar-refractivity contribution in [1.82, 2.24) is 14.5 Å². The van der Waals surface area contributed by atoms with Gasteiger partial charge in [0.15, 0.2) is 0 Å². The van der Waals surface area contributed by atoms with Crippen LogP contribution in [0, 0.1) is 0 Å². The van der Waals surface area contributed by atoms with Crippen LogP contribution in [0.15, 0.2) is 47.4 Å². The third-order valence-corrected chi connectivity index (χ3v) is 5.54. The van der Waals surface area contributed by atoms with Crippen LogP contribution in [0.4, 0.5) is 5.95 Å². The molecule has 1 aliphatic carbocycles. The standard InChI is InChI=1S/C23H28N4O3/c28-11-13-30-12-10-24-23-25-16-19-15-18(14-17-6-2-1-3-7-17)22(29)27(21(19)26-23)20-8-4-5-9-20/h1-3,6-7,15-16,20,28H,4-5,8-14H2,(H,24,25,26). The van der Waals surface area contributed by atoms with Crippen molar-refractivity contribution in [3.8, 4) is 0 Å². The number of ether oxygens (including phenoxy) is 1. The molecule has 2 aromatic heterocycles. The molecule has 0 bridgehead atoms. The molecule has 0 unspecified atom stereocenters. The fourth-order valence-electron chi connectivity index (χ4n) is 4.11. The van der Waals surface area contributed by atoms with E-state index in [0.29, 0.717) is 37.8 Å². The fraction of sp³-hybridized carbons (Fsp3) is 0.435. The van der Waals surface area contributed by atoms with E-state index >= 15 is 0 Å². The third kappa shape index (κ3) is 4.68. The maximum absolute atomic E-state index is 13.5. The normalized spacial score (nSPS) is 14.4. The Morgan fingerprint density at radius 2 is 1.97 bits per heavy atom. The molecular formula is C23H28N4O3. The first kappa shape index (κ1) is 20.5. The SMILES string of the molecule is O=c1c(Cc2ccccc2)cc2cnc(NCCOCCO)nc2n1C1CCCC1. The lowest BCUT2D eigenvalue weighted by Crippen LogP contribution is -2.28. The second kappa shape index (κ2) is 9.82. The number of fused-ring (bicyclic) bond motifs is 1. The van der Waals surface area contributed by atoms with Crippen LogP contribution in [0.5, 0.6) is 0 Å². The van der Waals surface area contributed by atoms with Crippen molar-refractivity contribution in [2.45, 2.75) is 38.1 Å². The molecule has 0 aliphatic heterocycles. The second-order valence-corrected chi connectivity index (χ2v) is 7.68. The lowest BCUT2D eigenvalue weighted by atomic mass is 10.0. The molecule has 1 fully saturated rings. The number of benzene rings is 1. The molecule has 7 heteroatoms. The van der Waals surface area contributed by atoms with E-state index < -0.39 is 0 Å². The first-order valence-electron chi connectivity index (χ1n) is 10.6. The van der Waals surface area contributed by atoms with Crippen LogP contribution in [-0.4, -0.2) is 46.0 Å². The predicted octanol–water partition coefficient (Wildman–Crippen LogP) is 2.92. The first-order chi connectivity index (χ1) is 14.8. The van der Waals surface area contributed by atoms with Crippen LogP contribution in [-0.2, 0) is 11.2 Å². The van der Waals surface area contributed by atoms with Crippen molar-refractivity contribution in [2.24, 2.45) is 0 Å². The van der Waals surface area contributed by atoms with E-state index in [9.17, 15) is 4.79 Å². The first-order valence-corrected chi connectivity index (χ1v) is 10.6. The van der Waals surface area contributed by atoms with Crippen LogP contribution in [0.3, 0.4) is 0 Å². The average molecular weight is 409 g/mol. The molecule has 0 spiro atoms. The number of aromatic nitrogens is 3. The Kier molecular flexibility index (Phi) is 6.71. The zero-order chi connectivity index (χ0) is 20.8. The van der Waals surface area contributed by atoms with E-state index in [1.54, 1.807) is 6.20 Å². The van der Waals surface area contributed by atoms with Gasteiger partial charge in [0.1, 0.15) is 5.65 Å².